The van der Waals surface area contributed by atoms with Crippen LogP contribution in [0.2, 0.25) is 0 Å². The Morgan fingerprint density at radius 1 is 1.20 bits per heavy atom. The minimum atomic E-state index is 0.692. The van der Waals surface area contributed by atoms with Gasteiger partial charge in [0.05, 0.1) is 0 Å². The largest absolute Gasteiger partial charge is 0.356 e. The van der Waals surface area contributed by atoms with Crippen LogP contribution in [0.3, 0.4) is 0 Å². The maximum absolute atomic E-state index is 9.41. The van der Waals surface area contributed by atoms with Gasteiger partial charge in [0, 0.05) is 36.9 Å². The second-order valence-corrected chi connectivity index (χ2v) is 4.72. The van der Waals surface area contributed by atoms with Crippen LogP contribution in [0, 0.1) is 11.3 Å². The molecule has 4 heteroatoms. The van der Waals surface area contributed by atoms with Crippen LogP contribution in [0.15, 0.2) is 48.8 Å². The summed E-state index contributed by atoms with van der Waals surface area (Å²) in [5.41, 5.74) is 2.84. The van der Waals surface area contributed by atoms with Gasteiger partial charge in [-0.1, -0.05) is 18.2 Å². The highest BCUT2D eigenvalue weighted by molar-refractivity contribution is 5.91. The van der Waals surface area contributed by atoms with Crippen LogP contribution in [0.25, 0.3) is 10.9 Å². The molecule has 0 fully saturated rings. The first-order chi connectivity index (χ1) is 9.79. The molecule has 0 atom stereocenters. The number of hydrogen-bond acceptors (Lipinski definition) is 3. The van der Waals surface area contributed by atoms with Crippen LogP contribution >= 0.6 is 0 Å². The predicted octanol–water partition coefficient (Wildman–Crippen LogP) is 3.07. The molecule has 0 saturated carbocycles. The summed E-state index contributed by atoms with van der Waals surface area (Å²) in [6.07, 6.45) is 3.55. The normalized spacial score (nSPS) is 10.4. The van der Waals surface area contributed by atoms with Crippen LogP contribution in [0.5, 0.6) is 0 Å². The fourth-order valence-corrected chi connectivity index (χ4v) is 2.37. The molecule has 0 amide bonds. The summed E-state index contributed by atoms with van der Waals surface area (Å²) in [7, 11) is 1.98. The Morgan fingerprint density at radius 2 is 1.95 bits per heavy atom. The first-order valence-corrected chi connectivity index (χ1v) is 6.40. The number of nitrogens with zero attached hydrogens (tertiary/aromatic N) is 3. The molecule has 0 spiro atoms. The smallest absolute Gasteiger partial charge is 0.125 e. The summed E-state index contributed by atoms with van der Waals surface area (Å²) >= 11 is 0. The van der Waals surface area contributed by atoms with E-state index in [0.29, 0.717) is 5.56 Å². The quantitative estimate of drug-likeness (QED) is 0.789. The molecule has 20 heavy (non-hydrogen) atoms. The average Bonchev–Trinajstić information content (AvgIpc) is 2.87. The van der Waals surface area contributed by atoms with Crippen molar-refractivity contribution in [3.63, 3.8) is 0 Å². The average molecular weight is 262 g/mol. The highest BCUT2D eigenvalue weighted by atomic mass is 15.2. The van der Waals surface area contributed by atoms with Gasteiger partial charge < -0.3 is 9.88 Å². The predicted molar refractivity (Wildman–Crippen MR) is 79.4 cm³/mol. The zero-order chi connectivity index (χ0) is 13.9. The van der Waals surface area contributed by atoms with Gasteiger partial charge in [0.2, 0.25) is 0 Å². The van der Waals surface area contributed by atoms with E-state index in [1.165, 1.54) is 0 Å². The Labute approximate surface area is 117 Å². The molecule has 0 aliphatic rings. The second-order valence-electron chi connectivity index (χ2n) is 4.72. The molecule has 1 aromatic carbocycles. The standard InChI is InChI=1S/C16H14N4/c1-20(11-12-6-8-18-9-7-12)16-14(10-17)13-4-2-3-5-15(13)19-16/h2-9,19H,11H2,1H3. The SMILES string of the molecule is CN(Cc1ccncc1)c1[nH]c2ccccc2c1C#N. The van der Waals surface area contributed by atoms with E-state index in [1.54, 1.807) is 12.4 Å². The number of rotatable bonds is 3. The number of anilines is 1. The lowest BCUT2D eigenvalue weighted by Crippen LogP contribution is -2.17. The number of nitriles is 1. The number of nitrogens with one attached hydrogen (secondary N) is 1. The van der Waals surface area contributed by atoms with Gasteiger partial charge in [-0.15, -0.1) is 0 Å². The first-order valence-electron chi connectivity index (χ1n) is 6.40. The second kappa shape index (κ2) is 5.06. The molecule has 0 aliphatic carbocycles. The van der Waals surface area contributed by atoms with Crippen LogP contribution in [0.4, 0.5) is 5.82 Å². The van der Waals surface area contributed by atoms with E-state index in [-0.39, 0.29) is 0 Å². The highest BCUT2D eigenvalue weighted by Gasteiger charge is 2.14. The third kappa shape index (κ3) is 2.10. The van der Waals surface area contributed by atoms with Gasteiger partial charge in [-0.25, -0.2) is 0 Å². The van der Waals surface area contributed by atoms with Crippen molar-refractivity contribution in [3.8, 4) is 6.07 Å². The topological polar surface area (TPSA) is 55.7 Å². The summed E-state index contributed by atoms with van der Waals surface area (Å²) in [5, 5.41) is 10.4. The fraction of sp³-hybridized carbons (Fsp3) is 0.125. The number of fused-ring (bicyclic) bond motifs is 1. The molecular weight excluding hydrogens is 248 g/mol. The molecule has 0 radical (unpaired) electrons. The summed E-state index contributed by atoms with van der Waals surface area (Å²) in [6.45, 7) is 0.726. The molecule has 0 unspecified atom stereocenters. The minimum Gasteiger partial charge on any atom is -0.356 e. The third-order valence-corrected chi connectivity index (χ3v) is 3.35. The lowest BCUT2D eigenvalue weighted by atomic mass is 10.2. The van der Waals surface area contributed by atoms with Gasteiger partial charge in [-0.3, -0.25) is 4.98 Å². The van der Waals surface area contributed by atoms with Crippen molar-refractivity contribution in [2.24, 2.45) is 0 Å². The molecule has 0 saturated heterocycles. The summed E-state index contributed by atoms with van der Waals surface area (Å²) in [4.78, 5) is 9.39. The van der Waals surface area contributed by atoms with Crippen LogP contribution in [-0.4, -0.2) is 17.0 Å². The van der Waals surface area contributed by atoms with E-state index in [1.807, 2.05) is 48.3 Å². The van der Waals surface area contributed by atoms with Crippen molar-refractivity contribution in [1.82, 2.24) is 9.97 Å². The molecular formula is C16H14N4. The van der Waals surface area contributed by atoms with Gasteiger partial charge in [0.1, 0.15) is 17.5 Å². The van der Waals surface area contributed by atoms with E-state index in [0.717, 1.165) is 28.8 Å². The van der Waals surface area contributed by atoms with Crippen molar-refractivity contribution in [2.45, 2.75) is 6.54 Å². The third-order valence-electron chi connectivity index (χ3n) is 3.35. The van der Waals surface area contributed by atoms with Gasteiger partial charge in [0.25, 0.3) is 0 Å². The molecule has 0 aliphatic heterocycles. The molecule has 0 bridgehead atoms. The van der Waals surface area contributed by atoms with E-state index >= 15 is 0 Å². The van der Waals surface area contributed by atoms with Gasteiger partial charge in [0.15, 0.2) is 0 Å². The van der Waals surface area contributed by atoms with Crippen molar-refractivity contribution in [1.29, 1.82) is 5.26 Å². The van der Waals surface area contributed by atoms with Gasteiger partial charge in [-0.05, 0) is 23.8 Å². The molecule has 4 nitrogen and oxygen atoms in total. The van der Waals surface area contributed by atoms with Crippen molar-refractivity contribution in [2.75, 3.05) is 11.9 Å². The maximum atomic E-state index is 9.41. The zero-order valence-electron chi connectivity index (χ0n) is 11.2. The number of pyridine rings is 1. The zero-order valence-corrected chi connectivity index (χ0v) is 11.2. The van der Waals surface area contributed by atoms with Crippen molar-refractivity contribution in [3.05, 3.63) is 59.9 Å². The van der Waals surface area contributed by atoms with Crippen molar-refractivity contribution >= 4 is 16.7 Å². The first kappa shape index (κ1) is 12.2. The summed E-state index contributed by atoms with van der Waals surface area (Å²) in [5.74, 6) is 0.852. The van der Waals surface area contributed by atoms with Crippen LogP contribution in [0.1, 0.15) is 11.1 Å². The monoisotopic (exact) mass is 262 g/mol. The summed E-state index contributed by atoms with van der Waals surface area (Å²) in [6, 6.07) is 14.1. The Morgan fingerprint density at radius 3 is 2.70 bits per heavy atom. The molecule has 1 N–H and O–H groups in total. The Balaban J connectivity index is 1.99. The molecule has 2 heterocycles. The Hall–Kier alpha value is -2.80. The Bertz CT molecular complexity index is 768. The van der Waals surface area contributed by atoms with E-state index in [4.69, 9.17) is 0 Å². The fourth-order valence-electron chi connectivity index (χ4n) is 2.37. The number of hydrogen-bond donors (Lipinski definition) is 1. The molecule has 2 aromatic heterocycles. The van der Waals surface area contributed by atoms with E-state index in [2.05, 4.69) is 16.0 Å². The maximum Gasteiger partial charge on any atom is 0.125 e. The number of para-hydroxylation sites is 1. The van der Waals surface area contributed by atoms with E-state index < -0.39 is 0 Å². The van der Waals surface area contributed by atoms with Crippen LogP contribution < -0.4 is 4.90 Å². The van der Waals surface area contributed by atoms with Crippen LogP contribution in [-0.2, 0) is 6.54 Å². The summed E-state index contributed by atoms with van der Waals surface area (Å²) < 4.78 is 0. The lowest BCUT2D eigenvalue weighted by molar-refractivity contribution is 0.901. The van der Waals surface area contributed by atoms with E-state index in [9.17, 15) is 5.26 Å². The highest BCUT2D eigenvalue weighted by Crippen LogP contribution is 2.28. The number of aromatic amines is 1. The number of aromatic nitrogens is 2. The van der Waals surface area contributed by atoms with Gasteiger partial charge >= 0.3 is 0 Å². The molecule has 3 rings (SSSR count). The van der Waals surface area contributed by atoms with Crippen molar-refractivity contribution < 1.29 is 0 Å². The minimum absolute atomic E-state index is 0.692. The van der Waals surface area contributed by atoms with Gasteiger partial charge in [-0.2, -0.15) is 5.26 Å². The lowest BCUT2D eigenvalue weighted by Gasteiger charge is -2.17. The number of benzene rings is 1. The number of H-pyrrole nitrogens is 1. The molecule has 98 valence electrons. The Kier molecular flexibility index (Phi) is 3.10. The molecule has 3 aromatic rings.